The second-order valence-corrected chi connectivity index (χ2v) is 1.62. The lowest BCUT2D eigenvalue weighted by Gasteiger charge is -1.92. The van der Waals surface area contributed by atoms with Crippen molar-refractivity contribution < 1.29 is 9.90 Å². The number of aliphatic hydroxyl groups is 1. The van der Waals surface area contributed by atoms with Gasteiger partial charge in [-0.05, 0) is 0 Å². The monoisotopic (exact) mass is 172 g/mol. The summed E-state index contributed by atoms with van der Waals surface area (Å²) in [5, 5.41) is 21.0. The molecule has 0 bridgehead atoms. The van der Waals surface area contributed by atoms with Crippen molar-refractivity contribution >= 4 is 17.6 Å². The van der Waals surface area contributed by atoms with Gasteiger partial charge in [-0.25, -0.2) is 0 Å². The molecule has 0 unspecified atom stereocenters. The highest BCUT2D eigenvalue weighted by atomic mass is 16.3. The van der Waals surface area contributed by atoms with E-state index in [1.807, 2.05) is 0 Å². The lowest BCUT2D eigenvalue weighted by molar-refractivity contribution is -0.120. The highest BCUT2D eigenvalue weighted by molar-refractivity contribution is 6.40. The fourth-order valence-electron chi connectivity index (χ4n) is 0.345. The molecule has 0 spiro atoms. The molecule has 8 heteroatoms. The number of carbonyl (C=O) groups excluding carboxylic acids is 1. The molecule has 0 radical (unpaired) electrons. The minimum atomic E-state index is -0.868. The molecule has 0 aromatic rings. The maximum Gasteiger partial charge on any atom is 0.273 e. The average Bonchev–Trinajstić information content (AvgIpc) is 2.03. The Morgan fingerprint density at radius 1 is 1.58 bits per heavy atom. The normalized spacial score (nSPS) is 11.9. The Kier molecular flexibility index (Phi) is 4.16. The topological polar surface area (TPSA) is 150 Å². The van der Waals surface area contributed by atoms with E-state index < -0.39 is 24.2 Å². The lowest BCUT2D eigenvalue weighted by Crippen LogP contribution is -2.22. The zero-order valence-electron chi connectivity index (χ0n) is 6.06. The summed E-state index contributed by atoms with van der Waals surface area (Å²) in [6.45, 7) is -0.781. The van der Waals surface area contributed by atoms with E-state index in [1.54, 1.807) is 0 Å². The Morgan fingerprint density at radius 2 is 2.17 bits per heavy atom. The van der Waals surface area contributed by atoms with E-state index in [2.05, 4.69) is 21.2 Å². The predicted octanol–water partition coefficient (Wildman–Crippen LogP) is -1.83. The molecule has 1 amide bonds. The maximum absolute atomic E-state index is 10.5. The Balaban J connectivity index is 4.61. The number of carbonyl (C=O) groups is 1. The summed E-state index contributed by atoms with van der Waals surface area (Å²) >= 11 is 0. The Morgan fingerprint density at radius 3 is 2.50 bits per heavy atom. The molecule has 12 heavy (non-hydrogen) atoms. The molecule has 6 N–H and O–H groups in total. The quantitative estimate of drug-likeness (QED) is 0.121. The number of amides is 1. The Labute approximate surface area is 67.5 Å². The average molecular weight is 172 g/mol. The van der Waals surface area contributed by atoms with Gasteiger partial charge < -0.3 is 16.7 Å². The first kappa shape index (κ1) is 10.2. The van der Waals surface area contributed by atoms with Crippen LogP contribution in [-0.2, 0) is 4.79 Å². The van der Waals surface area contributed by atoms with E-state index in [4.69, 9.17) is 16.2 Å². The van der Waals surface area contributed by atoms with Crippen LogP contribution in [0.3, 0.4) is 0 Å². The van der Waals surface area contributed by atoms with Crippen LogP contribution in [0.1, 0.15) is 0 Å². The van der Waals surface area contributed by atoms with Crippen molar-refractivity contribution in [3.63, 3.8) is 0 Å². The zero-order valence-corrected chi connectivity index (χ0v) is 6.06. The summed E-state index contributed by atoms with van der Waals surface area (Å²) in [5.74, 6) is 2.80. The van der Waals surface area contributed by atoms with Crippen molar-refractivity contribution in [2.75, 3.05) is 6.61 Å². The molecule has 0 aliphatic carbocycles. The number of amidine groups is 2. The third kappa shape index (κ3) is 3.37. The molecule has 0 aliphatic rings. The van der Waals surface area contributed by atoms with Gasteiger partial charge in [0.1, 0.15) is 6.61 Å². The lowest BCUT2D eigenvalue weighted by atomic mass is 10.5. The van der Waals surface area contributed by atoms with E-state index in [0.717, 1.165) is 0 Å². The molecule has 0 saturated carbocycles. The molecule has 0 atom stereocenters. The zero-order chi connectivity index (χ0) is 9.56. The van der Waals surface area contributed by atoms with Crippen LogP contribution in [0.25, 0.3) is 0 Å². The van der Waals surface area contributed by atoms with Crippen LogP contribution in [0, 0.1) is 5.41 Å². The maximum atomic E-state index is 10.5. The van der Waals surface area contributed by atoms with Crippen LogP contribution in [-0.4, -0.2) is 29.3 Å². The molecular weight excluding hydrogens is 164 g/mol. The third-order valence-electron chi connectivity index (χ3n) is 0.759. The van der Waals surface area contributed by atoms with Crippen molar-refractivity contribution in [3.8, 4) is 0 Å². The van der Waals surface area contributed by atoms with Gasteiger partial charge in [-0.3, -0.25) is 10.2 Å². The summed E-state index contributed by atoms with van der Waals surface area (Å²) < 4.78 is 0. The minimum absolute atomic E-state index is 0.420. The Hall–Kier alpha value is -1.83. The predicted molar refractivity (Wildman–Crippen MR) is 40.5 cm³/mol. The van der Waals surface area contributed by atoms with Gasteiger partial charge in [0.2, 0.25) is 5.84 Å². The smallest absolute Gasteiger partial charge is 0.273 e. The second-order valence-electron chi connectivity index (χ2n) is 1.62. The van der Waals surface area contributed by atoms with E-state index in [1.165, 1.54) is 0 Å². The van der Waals surface area contributed by atoms with Crippen molar-refractivity contribution in [1.29, 1.82) is 5.41 Å². The van der Waals surface area contributed by atoms with Gasteiger partial charge in [0, 0.05) is 0 Å². The number of hydrogen-bond acceptors (Lipinski definition) is 4. The number of nitrogens with zero attached hydrogens (tertiary/aromatic N) is 3. The van der Waals surface area contributed by atoms with Crippen molar-refractivity contribution in [1.82, 2.24) is 0 Å². The van der Waals surface area contributed by atoms with Gasteiger partial charge >= 0.3 is 0 Å². The first-order valence-electron chi connectivity index (χ1n) is 2.79. The molecule has 0 fully saturated rings. The van der Waals surface area contributed by atoms with Gasteiger partial charge in [-0.15, -0.1) is 5.11 Å². The first-order chi connectivity index (χ1) is 5.61. The second kappa shape index (κ2) is 4.91. The number of nitrogens with two attached hydrogens (primary N) is 2. The third-order valence-corrected chi connectivity index (χ3v) is 0.759. The van der Waals surface area contributed by atoms with Crippen LogP contribution in [0.4, 0.5) is 0 Å². The van der Waals surface area contributed by atoms with E-state index in [-0.39, 0.29) is 0 Å². The van der Waals surface area contributed by atoms with Crippen molar-refractivity contribution in [2.45, 2.75) is 0 Å². The van der Waals surface area contributed by atoms with E-state index in [9.17, 15) is 4.79 Å². The molecule has 0 heterocycles. The summed E-state index contributed by atoms with van der Waals surface area (Å²) in [6, 6.07) is 0. The molecular formula is C4H8N6O2. The molecule has 0 saturated heterocycles. The number of aliphatic imine (C=N–C) groups is 1. The summed E-state index contributed by atoms with van der Waals surface area (Å²) in [7, 11) is 0. The molecule has 0 aliphatic heterocycles. The molecule has 0 aromatic heterocycles. The van der Waals surface area contributed by atoms with Crippen LogP contribution < -0.4 is 11.6 Å². The van der Waals surface area contributed by atoms with Crippen LogP contribution in [0.5, 0.6) is 0 Å². The molecule has 0 aromatic carbocycles. The fourth-order valence-corrected chi connectivity index (χ4v) is 0.345. The molecule has 0 rings (SSSR count). The van der Waals surface area contributed by atoms with Gasteiger partial charge in [0.15, 0.2) is 5.84 Å². The van der Waals surface area contributed by atoms with Gasteiger partial charge in [0.05, 0.1) is 0 Å². The van der Waals surface area contributed by atoms with Crippen molar-refractivity contribution in [3.05, 3.63) is 0 Å². The fraction of sp³-hybridized carbons (Fsp3) is 0.250. The van der Waals surface area contributed by atoms with E-state index in [0.29, 0.717) is 0 Å². The summed E-state index contributed by atoms with van der Waals surface area (Å²) in [4.78, 5) is 13.6. The number of aliphatic hydroxyl groups excluding tert-OH is 1. The first-order valence-corrected chi connectivity index (χ1v) is 2.79. The van der Waals surface area contributed by atoms with E-state index >= 15 is 0 Å². The highest BCUT2D eigenvalue weighted by Crippen LogP contribution is 1.83. The number of rotatable bonds is 1. The van der Waals surface area contributed by atoms with Crippen LogP contribution >= 0.6 is 0 Å². The SMILES string of the molecule is N=C(N)C(N=NN)=NC(=O)CO. The summed E-state index contributed by atoms with van der Waals surface area (Å²) in [5.41, 5.74) is 4.94. The van der Waals surface area contributed by atoms with Gasteiger partial charge in [0.25, 0.3) is 5.91 Å². The minimum Gasteiger partial charge on any atom is -0.386 e. The Bertz CT molecular complexity index is 244. The summed E-state index contributed by atoms with van der Waals surface area (Å²) in [6.07, 6.45) is 0. The van der Waals surface area contributed by atoms with Gasteiger partial charge in [-0.1, -0.05) is 5.22 Å². The largest absolute Gasteiger partial charge is 0.386 e. The molecule has 8 nitrogen and oxygen atoms in total. The molecule has 66 valence electrons. The highest BCUT2D eigenvalue weighted by Gasteiger charge is 2.04. The van der Waals surface area contributed by atoms with Crippen LogP contribution in [0.15, 0.2) is 15.3 Å². The number of hydrogen-bond donors (Lipinski definition) is 4. The van der Waals surface area contributed by atoms with Crippen LogP contribution in [0.2, 0.25) is 0 Å². The van der Waals surface area contributed by atoms with Gasteiger partial charge in [-0.2, -0.15) is 4.99 Å². The number of nitrogens with one attached hydrogen (secondary N) is 1. The standard InChI is InChI=1S/C4H8N6O2/c5-3(6)4(9-10-7)8-2(12)1-11/h11H,1H2,(H3,5,6)(H2,7,8,9,12). The van der Waals surface area contributed by atoms with Crippen molar-refractivity contribution in [2.24, 2.45) is 26.9 Å².